The van der Waals surface area contributed by atoms with Crippen LogP contribution in [0.5, 0.6) is 0 Å². The van der Waals surface area contributed by atoms with Crippen LogP contribution in [0.2, 0.25) is 0 Å². The van der Waals surface area contributed by atoms with Crippen LogP contribution < -0.4 is 103 Å². The largest absolute Gasteiger partial charge is 1.00 e. The Balaban J connectivity index is -0.0000000948. The molecule has 0 aliphatic rings. The van der Waals surface area contributed by atoms with E-state index in [1.165, 1.54) is 12.1 Å². The molecule has 0 saturated heterocycles. The Morgan fingerprint density at radius 2 is 1.24 bits per heavy atom. The van der Waals surface area contributed by atoms with E-state index < -0.39 is 12.7 Å². The van der Waals surface area contributed by atoms with Crippen molar-refractivity contribution in [1.82, 2.24) is 0 Å². The van der Waals surface area contributed by atoms with Crippen molar-refractivity contribution >= 4 is 13.5 Å². The van der Waals surface area contributed by atoms with Crippen molar-refractivity contribution in [3.8, 4) is 0 Å². The van der Waals surface area contributed by atoms with Gasteiger partial charge in [0.2, 0.25) is 0 Å². The van der Waals surface area contributed by atoms with E-state index in [-0.39, 0.29) is 94.4 Å². The maximum absolute atomic E-state index is 10.0. The SMILES string of the molecule is O=P([O-])([O-])[O-].O=[N+]([O-])c1ccccc1.[Na+].[Na+].[Na+]. The van der Waals surface area contributed by atoms with Gasteiger partial charge >= 0.3 is 88.7 Å². The maximum Gasteiger partial charge on any atom is 1.00 e. The van der Waals surface area contributed by atoms with Crippen molar-refractivity contribution in [2.24, 2.45) is 0 Å². The molecule has 78 valence electrons. The summed E-state index contributed by atoms with van der Waals surface area (Å²) in [6, 6.07) is 7.93. The molecule has 1 aromatic rings. The smallest absolute Gasteiger partial charge is 0.822 e. The molecule has 11 heteroatoms. The van der Waals surface area contributed by atoms with Gasteiger partial charge in [-0.15, -0.1) is 0 Å². The van der Waals surface area contributed by atoms with E-state index in [1.54, 1.807) is 18.2 Å². The van der Waals surface area contributed by atoms with Crippen LogP contribution in [0.15, 0.2) is 30.3 Å². The predicted octanol–water partition coefficient (Wildman–Crippen LogP) is -10.2. The summed E-state index contributed by atoms with van der Waals surface area (Å²) in [6.07, 6.45) is 0. The van der Waals surface area contributed by atoms with Crippen molar-refractivity contribution in [2.75, 3.05) is 0 Å². The molecule has 0 aromatic heterocycles. The molecule has 1 aromatic carbocycles. The van der Waals surface area contributed by atoms with E-state index in [4.69, 9.17) is 19.2 Å². The maximum atomic E-state index is 10.0. The van der Waals surface area contributed by atoms with Gasteiger partial charge in [-0.05, 0) is 0 Å². The van der Waals surface area contributed by atoms with Gasteiger partial charge in [-0.3, -0.25) is 10.1 Å². The molecule has 0 N–H and O–H groups in total. The molecule has 0 fully saturated rings. The minimum Gasteiger partial charge on any atom is -0.822 e. The van der Waals surface area contributed by atoms with Gasteiger partial charge in [0.25, 0.3) is 5.69 Å². The van der Waals surface area contributed by atoms with Crippen LogP contribution in [0.25, 0.3) is 0 Å². The average Bonchev–Trinajstić information content (AvgIpc) is 2.03. The molecule has 0 atom stereocenters. The number of rotatable bonds is 1. The van der Waals surface area contributed by atoms with Crippen molar-refractivity contribution in [3.05, 3.63) is 40.4 Å². The average molecular weight is 287 g/mol. The van der Waals surface area contributed by atoms with Crippen LogP contribution >= 0.6 is 7.82 Å². The van der Waals surface area contributed by atoms with Crippen molar-refractivity contribution < 1.29 is 113 Å². The molecule has 1 rings (SSSR count). The van der Waals surface area contributed by atoms with Crippen LogP contribution in [0, 0.1) is 10.1 Å². The fraction of sp³-hybridized carbons (Fsp3) is 0. The number of nitrogens with zero attached hydrogens (tertiary/aromatic N) is 1. The van der Waals surface area contributed by atoms with Crippen molar-refractivity contribution in [3.63, 3.8) is 0 Å². The molecule has 0 radical (unpaired) electrons. The van der Waals surface area contributed by atoms with Crippen molar-refractivity contribution in [2.45, 2.75) is 0 Å². The molecular weight excluding hydrogens is 282 g/mol. The number of benzene rings is 1. The molecule has 0 amide bonds. The number of nitro groups is 1. The minimum atomic E-state index is -5.39. The zero-order valence-electron chi connectivity index (χ0n) is 9.73. The summed E-state index contributed by atoms with van der Waals surface area (Å²) in [4.78, 5) is 35.2. The number of non-ortho nitro benzene ring substituents is 1. The van der Waals surface area contributed by atoms with Crippen LogP contribution in [0.4, 0.5) is 5.69 Å². The van der Waals surface area contributed by atoms with Gasteiger partial charge in [-0.1, -0.05) is 18.2 Å². The fourth-order valence-corrected chi connectivity index (χ4v) is 0.550. The van der Waals surface area contributed by atoms with Gasteiger partial charge in [0.05, 0.1) is 4.92 Å². The molecule has 0 heterocycles. The molecule has 0 aliphatic carbocycles. The third-order valence-electron chi connectivity index (χ3n) is 0.967. The topological polar surface area (TPSA) is 129 Å². The van der Waals surface area contributed by atoms with E-state index in [0.717, 1.165) is 0 Å². The molecular formula is C6H5NNa3O6P. The van der Waals surface area contributed by atoms with Gasteiger partial charge in [0, 0.05) is 12.1 Å². The summed E-state index contributed by atoms with van der Waals surface area (Å²) in [6.45, 7) is 0. The van der Waals surface area contributed by atoms with E-state index in [9.17, 15) is 10.1 Å². The van der Waals surface area contributed by atoms with E-state index >= 15 is 0 Å². The molecule has 0 saturated carbocycles. The van der Waals surface area contributed by atoms with Gasteiger partial charge in [0.15, 0.2) is 0 Å². The summed E-state index contributed by atoms with van der Waals surface area (Å²) in [5.41, 5.74) is 0.137. The van der Waals surface area contributed by atoms with Crippen molar-refractivity contribution in [1.29, 1.82) is 0 Å². The minimum absolute atomic E-state index is 0. The Hall–Kier alpha value is 1.73. The fourth-order valence-electron chi connectivity index (χ4n) is 0.550. The second-order valence-corrected chi connectivity index (χ2v) is 2.93. The van der Waals surface area contributed by atoms with E-state index in [1.807, 2.05) is 0 Å². The number of nitro benzene ring substituents is 1. The summed E-state index contributed by atoms with van der Waals surface area (Å²) >= 11 is 0. The van der Waals surface area contributed by atoms with Gasteiger partial charge in [-0.2, -0.15) is 7.82 Å². The Morgan fingerprint density at radius 3 is 1.41 bits per heavy atom. The first kappa shape index (κ1) is 27.1. The first-order chi connectivity index (χ1) is 6.30. The Labute approximate surface area is 164 Å². The molecule has 0 unspecified atom stereocenters. The molecule has 17 heavy (non-hydrogen) atoms. The predicted molar refractivity (Wildman–Crippen MR) is 40.7 cm³/mol. The monoisotopic (exact) mass is 287 g/mol. The molecule has 0 spiro atoms. The zero-order chi connectivity index (χ0) is 11.2. The number of hydrogen-bond acceptors (Lipinski definition) is 6. The van der Waals surface area contributed by atoms with Crippen LogP contribution in [-0.2, 0) is 4.57 Å². The molecule has 0 bridgehead atoms. The number of para-hydroxylation sites is 1. The first-order valence-electron chi connectivity index (χ1n) is 3.23. The van der Waals surface area contributed by atoms with Gasteiger partial charge in [0.1, 0.15) is 0 Å². The second kappa shape index (κ2) is 14.1. The van der Waals surface area contributed by atoms with E-state index in [0.29, 0.717) is 0 Å². The third-order valence-corrected chi connectivity index (χ3v) is 0.967. The zero-order valence-corrected chi connectivity index (χ0v) is 16.6. The standard InChI is InChI=1S/C6H5NO2.3Na.H3O4P/c8-7(9)6-4-2-1-3-5-6;;;;1-5(2,3)4/h1-5H;;;;(H3,1,2,3,4)/q;3*+1;/p-3. The Kier molecular flexibility index (Phi) is 22.6. The first-order valence-corrected chi connectivity index (χ1v) is 4.69. The molecule has 0 aliphatic heterocycles. The third kappa shape index (κ3) is 23.3. The molecule has 7 nitrogen and oxygen atoms in total. The summed E-state index contributed by atoms with van der Waals surface area (Å²) in [5.74, 6) is 0. The normalized spacial score (nSPS) is 8.18. The second-order valence-electron chi connectivity index (χ2n) is 2.04. The van der Waals surface area contributed by atoms with Gasteiger partial charge < -0.3 is 19.2 Å². The van der Waals surface area contributed by atoms with E-state index in [2.05, 4.69) is 0 Å². The number of phosphoric acid groups is 1. The summed E-state index contributed by atoms with van der Waals surface area (Å²) in [5, 5.41) is 10.0. The Bertz CT molecular complexity index is 337. The quantitative estimate of drug-likeness (QED) is 0.218. The summed E-state index contributed by atoms with van der Waals surface area (Å²) < 4.78 is 8.55. The van der Waals surface area contributed by atoms with Crippen LogP contribution in [0.3, 0.4) is 0 Å². The Morgan fingerprint density at radius 1 is 0.941 bits per heavy atom. The summed E-state index contributed by atoms with van der Waals surface area (Å²) in [7, 11) is -5.39. The number of hydrogen-bond donors (Lipinski definition) is 0. The van der Waals surface area contributed by atoms with Crippen LogP contribution in [0.1, 0.15) is 0 Å². The van der Waals surface area contributed by atoms with Crippen LogP contribution in [-0.4, -0.2) is 4.92 Å². The van der Waals surface area contributed by atoms with Gasteiger partial charge in [-0.25, -0.2) is 0 Å².